The third-order valence-electron chi connectivity index (χ3n) is 3.42. The fourth-order valence-corrected chi connectivity index (χ4v) is 3.93. The van der Waals surface area contributed by atoms with E-state index < -0.39 is 27.7 Å². The zero-order chi connectivity index (χ0) is 17.0. The van der Waals surface area contributed by atoms with Crippen molar-refractivity contribution in [1.82, 2.24) is 5.32 Å². The molecule has 1 atom stereocenters. The molecule has 1 unspecified atom stereocenters. The molecule has 1 aliphatic rings. The molecule has 1 aromatic carbocycles. The predicted octanol–water partition coefficient (Wildman–Crippen LogP) is -0.0544. The quantitative estimate of drug-likeness (QED) is 0.742. The second kappa shape index (κ2) is 6.86. The van der Waals surface area contributed by atoms with Crippen LogP contribution in [-0.4, -0.2) is 52.0 Å². The van der Waals surface area contributed by atoms with Crippen molar-refractivity contribution in [3.8, 4) is 11.5 Å². The van der Waals surface area contributed by atoms with Gasteiger partial charge < -0.3 is 20.1 Å². The van der Waals surface area contributed by atoms with Crippen molar-refractivity contribution in [3.63, 3.8) is 0 Å². The molecule has 2 N–H and O–H groups in total. The maximum atomic E-state index is 11.9. The Balaban J connectivity index is 1.97. The second-order valence-electron chi connectivity index (χ2n) is 5.10. The van der Waals surface area contributed by atoms with Gasteiger partial charge in [-0.1, -0.05) is 0 Å². The van der Waals surface area contributed by atoms with Gasteiger partial charge in [0.2, 0.25) is 0 Å². The lowest BCUT2D eigenvalue weighted by Gasteiger charge is -2.12. The number of carbonyl (C=O) groups is 2. The van der Waals surface area contributed by atoms with Crippen LogP contribution in [0.3, 0.4) is 0 Å². The highest BCUT2D eigenvalue weighted by Gasteiger charge is 2.30. The Labute approximate surface area is 134 Å². The third kappa shape index (κ3) is 4.35. The van der Waals surface area contributed by atoms with Crippen LogP contribution >= 0.6 is 0 Å². The number of benzene rings is 1. The molecule has 0 aromatic heterocycles. The lowest BCUT2D eigenvalue weighted by molar-refractivity contribution is -0.136. The summed E-state index contributed by atoms with van der Waals surface area (Å²) in [6, 6.07) is 4.15. The topological polar surface area (TPSA) is 111 Å². The number of ether oxygens (including phenoxy) is 2. The molecule has 0 spiro atoms. The number of amides is 2. The van der Waals surface area contributed by atoms with Crippen LogP contribution in [0, 0.1) is 0 Å². The first kappa shape index (κ1) is 17.1. The first-order valence-corrected chi connectivity index (χ1v) is 8.71. The highest BCUT2D eigenvalue weighted by molar-refractivity contribution is 7.91. The molecule has 2 amide bonds. The van der Waals surface area contributed by atoms with Gasteiger partial charge in [-0.25, -0.2) is 8.42 Å². The van der Waals surface area contributed by atoms with Crippen molar-refractivity contribution in [3.05, 3.63) is 18.2 Å². The van der Waals surface area contributed by atoms with Gasteiger partial charge in [0.1, 0.15) is 0 Å². The van der Waals surface area contributed by atoms with Gasteiger partial charge in [-0.3, -0.25) is 9.59 Å². The summed E-state index contributed by atoms with van der Waals surface area (Å²) in [7, 11) is -0.179. The monoisotopic (exact) mass is 342 g/mol. The van der Waals surface area contributed by atoms with Gasteiger partial charge in [0.05, 0.1) is 25.7 Å². The minimum atomic E-state index is -3.12. The SMILES string of the molecule is COc1ccc(NC(=O)C(=O)NC2CCS(=O)(=O)C2)cc1OC. The summed E-state index contributed by atoms with van der Waals surface area (Å²) in [6.07, 6.45) is 0.317. The van der Waals surface area contributed by atoms with Crippen molar-refractivity contribution in [1.29, 1.82) is 0 Å². The van der Waals surface area contributed by atoms with Crippen LogP contribution in [-0.2, 0) is 19.4 Å². The highest BCUT2D eigenvalue weighted by atomic mass is 32.2. The molecular formula is C14H18N2O6S. The molecule has 1 fully saturated rings. The van der Waals surface area contributed by atoms with E-state index in [-0.39, 0.29) is 11.5 Å². The van der Waals surface area contributed by atoms with Crippen LogP contribution in [0.25, 0.3) is 0 Å². The number of nitrogens with one attached hydrogen (secondary N) is 2. The van der Waals surface area contributed by atoms with Crippen molar-refractivity contribution in [2.24, 2.45) is 0 Å². The normalized spacial score (nSPS) is 19.0. The smallest absolute Gasteiger partial charge is 0.313 e. The number of rotatable bonds is 4. The molecule has 0 radical (unpaired) electrons. The molecule has 126 valence electrons. The molecule has 1 heterocycles. The Bertz CT molecular complexity index is 716. The van der Waals surface area contributed by atoms with Crippen LogP contribution in [0.15, 0.2) is 18.2 Å². The largest absolute Gasteiger partial charge is 0.493 e. The van der Waals surface area contributed by atoms with E-state index in [1.807, 2.05) is 0 Å². The van der Waals surface area contributed by atoms with Crippen LogP contribution < -0.4 is 20.1 Å². The average Bonchev–Trinajstić information content (AvgIpc) is 2.85. The van der Waals surface area contributed by atoms with Crippen molar-refractivity contribution < 1.29 is 27.5 Å². The zero-order valence-corrected chi connectivity index (χ0v) is 13.6. The van der Waals surface area contributed by atoms with E-state index in [1.165, 1.54) is 20.3 Å². The fourth-order valence-electron chi connectivity index (χ4n) is 2.26. The molecule has 0 saturated carbocycles. The van der Waals surface area contributed by atoms with E-state index in [4.69, 9.17) is 9.47 Å². The van der Waals surface area contributed by atoms with Gasteiger partial charge in [-0.15, -0.1) is 0 Å². The summed E-state index contributed by atoms with van der Waals surface area (Å²) in [6.45, 7) is 0. The van der Waals surface area contributed by atoms with E-state index in [2.05, 4.69) is 10.6 Å². The van der Waals surface area contributed by atoms with Crippen molar-refractivity contribution in [2.75, 3.05) is 31.0 Å². The lowest BCUT2D eigenvalue weighted by atomic mass is 10.2. The van der Waals surface area contributed by atoms with E-state index in [9.17, 15) is 18.0 Å². The third-order valence-corrected chi connectivity index (χ3v) is 5.18. The number of hydrogen-bond acceptors (Lipinski definition) is 6. The van der Waals surface area contributed by atoms with E-state index in [0.717, 1.165) is 0 Å². The molecular weight excluding hydrogens is 324 g/mol. The standard InChI is InChI=1S/C14H18N2O6S/c1-21-11-4-3-9(7-12(11)22-2)15-13(17)14(18)16-10-5-6-23(19,20)8-10/h3-4,7,10H,5-6,8H2,1-2H3,(H,15,17)(H,16,18). The Morgan fingerprint density at radius 1 is 1.13 bits per heavy atom. The molecule has 1 aliphatic heterocycles. The average molecular weight is 342 g/mol. The molecule has 2 rings (SSSR count). The summed E-state index contributed by atoms with van der Waals surface area (Å²) in [4.78, 5) is 23.7. The molecule has 1 saturated heterocycles. The van der Waals surface area contributed by atoms with E-state index in [1.54, 1.807) is 12.1 Å². The zero-order valence-electron chi connectivity index (χ0n) is 12.8. The second-order valence-corrected chi connectivity index (χ2v) is 7.33. The predicted molar refractivity (Wildman–Crippen MR) is 83.4 cm³/mol. The summed E-state index contributed by atoms with van der Waals surface area (Å²) < 4.78 is 32.9. The first-order chi connectivity index (χ1) is 10.8. The van der Waals surface area contributed by atoms with Gasteiger partial charge in [0.25, 0.3) is 0 Å². The Morgan fingerprint density at radius 3 is 2.39 bits per heavy atom. The van der Waals surface area contributed by atoms with Crippen LogP contribution in [0.2, 0.25) is 0 Å². The fraction of sp³-hybridized carbons (Fsp3) is 0.429. The minimum Gasteiger partial charge on any atom is -0.493 e. The van der Waals surface area contributed by atoms with Crippen LogP contribution in [0.4, 0.5) is 5.69 Å². The van der Waals surface area contributed by atoms with E-state index >= 15 is 0 Å². The summed E-state index contributed by atoms with van der Waals surface area (Å²) in [5, 5.41) is 4.85. The summed E-state index contributed by atoms with van der Waals surface area (Å²) in [5.41, 5.74) is 0.363. The summed E-state index contributed by atoms with van der Waals surface area (Å²) >= 11 is 0. The van der Waals surface area contributed by atoms with Gasteiger partial charge in [0, 0.05) is 17.8 Å². The van der Waals surface area contributed by atoms with Gasteiger partial charge >= 0.3 is 11.8 Å². The maximum Gasteiger partial charge on any atom is 0.313 e. The van der Waals surface area contributed by atoms with Gasteiger partial charge in [-0.05, 0) is 18.6 Å². The van der Waals surface area contributed by atoms with Gasteiger partial charge in [-0.2, -0.15) is 0 Å². The molecule has 23 heavy (non-hydrogen) atoms. The molecule has 1 aromatic rings. The number of carbonyl (C=O) groups excluding carboxylic acids is 2. The molecule has 0 aliphatic carbocycles. The molecule has 8 nitrogen and oxygen atoms in total. The minimum absolute atomic E-state index is 0.0231. The van der Waals surface area contributed by atoms with Crippen molar-refractivity contribution in [2.45, 2.75) is 12.5 Å². The highest BCUT2D eigenvalue weighted by Crippen LogP contribution is 2.29. The lowest BCUT2D eigenvalue weighted by Crippen LogP contribution is -2.42. The van der Waals surface area contributed by atoms with Crippen LogP contribution in [0.1, 0.15) is 6.42 Å². The van der Waals surface area contributed by atoms with E-state index in [0.29, 0.717) is 23.6 Å². The Kier molecular flexibility index (Phi) is 5.09. The summed E-state index contributed by atoms with van der Waals surface area (Å²) in [5.74, 6) is -0.959. The van der Waals surface area contributed by atoms with Crippen LogP contribution in [0.5, 0.6) is 11.5 Å². The number of hydrogen-bond donors (Lipinski definition) is 2. The first-order valence-electron chi connectivity index (χ1n) is 6.89. The number of methoxy groups -OCH3 is 2. The van der Waals surface area contributed by atoms with Crippen molar-refractivity contribution >= 4 is 27.3 Å². The van der Waals surface area contributed by atoms with Gasteiger partial charge in [0.15, 0.2) is 21.3 Å². The molecule has 0 bridgehead atoms. The number of sulfone groups is 1. The Morgan fingerprint density at radius 2 is 1.83 bits per heavy atom. The molecule has 9 heteroatoms. The number of anilines is 1. The maximum absolute atomic E-state index is 11.9. The Hall–Kier alpha value is -2.29.